The van der Waals surface area contributed by atoms with Crippen LogP contribution < -0.4 is 9.62 Å². The fourth-order valence-corrected chi connectivity index (χ4v) is 4.70. The Balaban J connectivity index is 1.87. The van der Waals surface area contributed by atoms with Crippen molar-refractivity contribution in [2.45, 2.75) is 31.7 Å². The molecule has 3 aromatic rings. The molecule has 7 heteroatoms. The third kappa shape index (κ3) is 5.66. The molecule has 0 aliphatic heterocycles. The van der Waals surface area contributed by atoms with Crippen LogP contribution in [0.2, 0.25) is 5.02 Å². The highest BCUT2D eigenvalue weighted by molar-refractivity contribution is 7.92. The number of nitrogens with zero attached hydrogens (tertiary/aromatic N) is 1. The van der Waals surface area contributed by atoms with E-state index in [0.717, 1.165) is 27.4 Å². The molecule has 31 heavy (non-hydrogen) atoms. The van der Waals surface area contributed by atoms with Gasteiger partial charge in [-0.1, -0.05) is 66.6 Å². The van der Waals surface area contributed by atoms with Crippen LogP contribution in [0.1, 0.15) is 23.6 Å². The van der Waals surface area contributed by atoms with Crippen molar-refractivity contribution in [2.75, 3.05) is 10.8 Å². The van der Waals surface area contributed by atoms with E-state index in [2.05, 4.69) is 5.32 Å². The molecule has 162 valence electrons. The first kappa shape index (κ1) is 22.8. The van der Waals surface area contributed by atoms with Gasteiger partial charge in [0.25, 0.3) is 10.0 Å². The molecule has 0 atom stereocenters. The summed E-state index contributed by atoms with van der Waals surface area (Å²) in [5.74, 6) is -0.421. The van der Waals surface area contributed by atoms with Gasteiger partial charge in [-0.05, 0) is 54.8 Å². The molecule has 0 saturated heterocycles. The summed E-state index contributed by atoms with van der Waals surface area (Å²) in [4.78, 5) is 12.8. The van der Waals surface area contributed by atoms with E-state index in [1.807, 2.05) is 44.2 Å². The molecular weight excluding hydrogens is 432 g/mol. The van der Waals surface area contributed by atoms with Crippen molar-refractivity contribution < 1.29 is 13.2 Å². The Morgan fingerprint density at radius 3 is 2.23 bits per heavy atom. The molecule has 0 radical (unpaired) electrons. The molecule has 0 aliphatic rings. The van der Waals surface area contributed by atoms with Crippen molar-refractivity contribution in [3.05, 3.63) is 94.5 Å². The Morgan fingerprint density at radius 2 is 1.61 bits per heavy atom. The van der Waals surface area contributed by atoms with Gasteiger partial charge >= 0.3 is 0 Å². The summed E-state index contributed by atoms with van der Waals surface area (Å²) >= 11 is 6.15. The molecule has 0 spiro atoms. The van der Waals surface area contributed by atoms with E-state index in [9.17, 15) is 13.2 Å². The highest BCUT2D eigenvalue weighted by Gasteiger charge is 2.27. The number of rotatable bonds is 8. The summed E-state index contributed by atoms with van der Waals surface area (Å²) in [6.45, 7) is 3.79. The van der Waals surface area contributed by atoms with Crippen LogP contribution in [0.4, 0.5) is 5.69 Å². The molecule has 0 unspecified atom stereocenters. The molecular formula is C24H25ClN2O3S. The van der Waals surface area contributed by atoms with Gasteiger partial charge in [-0.3, -0.25) is 9.10 Å². The van der Waals surface area contributed by atoms with Gasteiger partial charge < -0.3 is 5.32 Å². The molecule has 1 N–H and O–H groups in total. The molecule has 0 heterocycles. The van der Waals surface area contributed by atoms with Crippen LogP contribution in [0.15, 0.2) is 77.7 Å². The first-order chi connectivity index (χ1) is 14.8. The summed E-state index contributed by atoms with van der Waals surface area (Å²) in [5, 5.41) is 3.31. The maximum atomic E-state index is 13.4. The van der Waals surface area contributed by atoms with Crippen molar-refractivity contribution in [2.24, 2.45) is 0 Å². The Morgan fingerprint density at radius 1 is 0.968 bits per heavy atom. The molecule has 0 bridgehead atoms. The lowest BCUT2D eigenvalue weighted by Gasteiger charge is -2.24. The van der Waals surface area contributed by atoms with E-state index in [1.165, 1.54) is 0 Å². The number of carbonyl (C=O) groups is 1. The maximum Gasteiger partial charge on any atom is 0.264 e. The lowest BCUT2D eigenvalue weighted by molar-refractivity contribution is -0.119. The third-order valence-electron chi connectivity index (χ3n) is 4.96. The second-order valence-electron chi connectivity index (χ2n) is 7.21. The number of hydrogen-bond acceptors (Lipinski definition) is 3. The number of halogens is 1. The van der Waals surface area contributed by atoms with E-state index in [-0.39, 0.29) is 18.0 Å². The number of anilines is 1. The first-order valence-corrected chi connectivity index (χ1v) is 11.8. The van der Waals surface area contributed by atoms with Gasteiger partial charge in [0.05, 0.1) is 10.6 Å². The summed E-state index contributed by atoms with van der Waals surface area (Å²) in [7, 11) is -3.93. The van der Waals surface area contributed by atoms with Crippen molar-refractivity contribution in [1.82, 2.24) is 5.32 Å². The Hall–Kier alpha value is -2.83. The maximum absolute atomic E-state index is 13.4. The smallest absolute Gasteiger partial charge is 0.264 e. The number of hydrogen-bond donors (Lipinski definition) is 1. The summed E-state index contributed by atoms with van der Waals surface area (Å²) in [6, 6.07) is 21.0. The Bertz CT molecular complexity index is 1140. The minimum Gasteiger partial charge on any atom is -0.350 e. The number of carbonyl (C=O) groups excluding carboxylic acids is 1. The number of nitrogens with one attached hydrogen (secondary N) is 1. The molecule has 0 aliphatic carbocycles. The van der Waals surface area contributed by atoms with Crippen LogP contribution in [0.25, 0.3) is 0 Å². The van der Waals surface area contributed by atoms with Gasteiger partial charge in [-0.2, -0.15) is 0 Å². The number of amides is 1. The zero-order valence-corrected chi connectivity index (χ0v) is 19.1. The lowest BCUT2D eigenvalue weighted by Crippen LogP contribution is -2.40. The molecule has 0 fully saturated rings. The summed E-state index contributed by atoms with van der Waals surface area (Å²) in [6.07, 6.45) is 0.837. The van der Waals surface area contributed by atoms with Gasteiger partial charge in [0, 0.05) is 11.6 Å². The minimum absolute atomic E-state index is 0.136. The standard InChI is InChI=1S/C24H25ClN2O3S/c1-3-19-10-12-21(13-11-19)27(31(29,30)22-14-8-18(2)9-15-22)17-24(28)26-16-20-6-4-5-7-23(20)25/h4-15H,3,16-17H2,1-2H3,(H,26,28). The second kappa shape index (κ2) is 9.98. The highest BCUT2D eigenvalue weighted by Crippen LogP contribution is 2.24. The van der Waals surface area contributed by atoms with Gasteiger partial charge in [0.2, 0.25) is 5.91 Å². The van der Waals surface area contributed by atoms with E-state index < -0.39 is 15.9 Å². The highest BCUT2D eigenvalue weighted by atomic mass is 35.5. The van der Waals surface area contributed by atoms with Crippen LogP contribution in [-0.2, 0) is 27.8 Å². The first-order valence-electron chi connectivity index (χ1n) is 9.99. The quantitative estimate of drug-likeness (QED) is 0.533. The van der Waals surface area contributed by atoms with E-state index in [4.69, 9.17) is 11.6 Å². The topological polar surface area (TPSA) is 66.5 Å². The van der Waals surface area contributed by atoms with E-state index in [0.29, 0.717) is 10.7 Å². The summed E-state index contributed by atoms with van der Waals surface area (Å²) in [5.41, 5.74) is 3.23. The molecule has 3 aromatic carbocycles. The van der Waals surface area contributed by atoms with Crippen LogP contribution in [0.3, 0.4) is 0 Å². The fraction of sp³-hybridized carbons (Fsp3) is 0.208. The normalized spacial score (nSPS) is 11.2. The third-order valence-corrected chi connectivity index (χ3v) is 7.12. The van der Waals surface area contributed by atoms with Crippen LogP contribution >= 0.6 is 11.6 Å². The van der Waals surface area contributed by atoms with Gasteiger partial charge in [0.1, 0.15) is 6.54 Å². The van der Waals surface area contributed by atoms with Crippen molar-refractivity contribution in [3.8, 4) is 0 Å². The van der Waals surface area contributed by atoms with Crippen molar-refractivity contribution in [3.63, 3.8) is 0 Å². The number of benzene rings is 3. The van der Waals surface area contributed by atoms with Crippen molar-refractivity contribution >= 4 is 33.2 Å². The molecule has 0 saturated carbocycles. The molecule has 5 nitrogen and oxygen atoms in total. The predicted octanol–water partition coefficient (Wildman–Crippen LogP) is 4.72. The van der Waals surface area contributed by atoms with Crippen LogP contribution in [0.5, 0.6) is 0 Å². The minimum atomic E-state index is -3.93. The average molecular weight is 457 g/mol. The SMILES string of the molecule is CCc1ccc(N(CC(=O)NCc2ccccc2Cl)S(=O)(=O)c2ccc(C)cc2)cc1. The summed E-state index contributed by atoms with van der Waals surface area (Å²) < 4.78 is 27.9. The largest absolute Gasteiger partial charge is 0.350 e. The Labute approximate surface area is 188 Å². The van der Waals surface area contributed by atoms with Crippen LogP contribution in [0, 0.1) is 6.92 Å². The second-order valence-corrected chi connectivity index (χ2v) is 9.48. The Kier molecular flexibility index (Phi) is 7.36. The number of sulfonamides is 1. The average Bonchev–Trinajstić information content (AvgIpc) is 2.77. The molecule has 3 rings (SSSR count). The van der Waals surface area contributed by atoms with Gasteiger partial charge in [-0.25, -0.2) is 8.42 Å². The zero-order valence-electron chi connectivity index (χ0n) is 17.5. The number of aryl methyl sites for hydroxylation is 2. The molecule has 1 amide bonds. The fourth-order valence-electron chi connectivity index (χ4n) is 3.07. The van der Waals surface area contributed by atoms with Gasteiger partial charge in [-0.15, -0.1) is 0 Å². The van der Waals surface area contributed by atoms with Gasteiger partial charge in [0.15, 0.2) is 0 Å². The molecule has 0 aromatic heterocycles. The lowest BCUT2D eigenvalue weighted by atomic mass is 10.1. The van der Waals surface area contributed by atoms with Crippen LogP contribution in [-0.4, -0.2) is 20.9 Å². The van der Waals surface area contributed by atoms with E-state index >= 15 is 0 Å². The monoisotopic (exact) mass is 456 g/mol. The predicted molar refractivity (Wildman–Crippen MR) is 125 cm³/mol. The van der Waals surface area contributed by atoms with E-state index in [1.54, 1.807) is 42.5 Å². The zero-order chi connectivity index (χ0) is 22.4. The van der Waals surface area contributed by atoms with Crippen molar-refractivity contribution in [1.29, 1.82) is 0 Å².